The van der Waals surface area contributed by atoms with Crippen molar-refractivity contribution in [3.05, 3.63) is 12.2 Å². The number of aliphatic hydroxyl groups is 1. The van der Waals surface area contributed by atoms with Crippen LogP contribution in [0.2, 0.25) is 0 Å². The lowest BCUT2D eigenvalue weighted by Crippen LogP contribution is -2.29. The van der Waals surface area contributed by atoms with Gasteiger partial charge in [0.15, 0.2) is 0 Å². The predicted octanol–water partition coefficient (Wildman–Crippen LogP) is 1.58. The molecule has 0 saturated heterocycles. The molecule has 1 heteroatoms. The van der Waals surface area contributed by atoms with Crippen molar-refractivity contribution in [2.75, 3.05) is 6.61 Å². The number of allylic oxidation sites excluding steroid dienone is 2. The van der Waals surface area contributed by atoms with Crippen LogP contribution in [-0.2, 0) is 0 Å². The minimum Gasteiger partial charge on any atom is -0.396 e. The summed E-state index contributed by atoms with van der Waals surface area (Å²) in [5.41, 5.74) is 0. The molecule has 1 N–H and O–H groups in total. The van der Waals surface area contributed by atoms with Gasteiger partial charge in [-0.1, -0.05) is 12.2 Å². The van der Waals surface area contributed by atoms with E-state index in [0.717, 1.165) is 5.92 Å². The molecule has 0 aromatic carbocycles. The van der Waals surface area contributed by atoms with Gasteiger partial charge in [-0.05, 0) is 37.0 Å². The first-order valence-electron chi connectivity index (χ1n) is 4.19. The van der Waals surface area contributed by atoms with Crippen LogP contribution in [-0.4, -0.2) is 11.7 Å². The lowest BCUT2D eigenvalue weighted by atomic mass is 9.69. The molecular weight excluding hydrogens is 124 g/mol. The maximum atomic E-state index is 8.98. The van der Waals surface area contributed by atoms with Crippen molar-refractivity contribution in [1.82, 2.24) is 0 Å². The molecule has 3 aliphatic rings. The molecule has 1 saturated carbocycles. The van der Waals surface area contributed by atoms with Gasteiger partial charge in [0.25, 0.3) is 0 Å². The van der Waals surface area contributed by atoms with E-state index >= 15 is 0 Å². The summed E-state index contributed by atoms with van der Waals surface area (Å²) in [5, 5.41) is 8.98. The molecule has 0 radical (unpaired) electrons. The molecule has 0 spiro atoms. The molecule has 0 amide bonds. The van der Waals surface area contributed by atoms with Crippen molar-refractivity contribution in [2.45, 2.75) is 19.3 Å². The van der Waals surface area contributed by atoms with Gasteiger partial charge in [0.1, 0.15) is 0 Å². The van der Waals surface area contributed by atoms with Crippen LogP contribution in [0, 0.1) is 17.8 Å². The second kappa shape index (κ2) is 2.39. The van der Waals surface area contributed by atoms with Gasteiger partial charge in [-0.25, -0.2) is 0 Å². The van der Waals surface area contributed by atoms with Crippen molar-refractivity contribution in [3.8, 4) is 0 Å². The van der Waals surface area contributed by atoms with Gasteiger partial charge in [0.2, 0.25) is 0 Å². The third kappa shape index (κ3) is 0.891. The van der Waals surface area contributed by atoms with Crippen molar-refractivity contribution in [2.24, 2.45) is 17.8 Å². The van der Waals surface area contributed by atoms with E-state index in [4.69, 9.17) is 5.11 Å². The summed E-state index contributed by atoms with van der Waals surface area (Å²) >= 11 is 0. The lowest BCUT2D eigenvalue weighted by Gasteiger charge is -2.36. The third-order valence-corrected chi connectivity index (χ3v) is 2.95. The molecule has 10 heavy (non-hydrogen) atoms. The fourth-order valence-corrected chi connectivity index (χ4v) is 2.26. The molecule has 2 bridgehead atoms. The van der Waals surface area contributed by atoms with Crippen molar-refractivity contribution < 1.29 is 5.11 Å². The fraction of sp³-hybridized carbons (Fsp3) is 0.778. The fourth-order valence-electron chi connectivity index (χ4n) is 2.26. The first kappa shape index (κ1) is 6.41. The SMILES string of the molecule is OC[C@H]1C[C@H]2C=C[C@H]1CC2. The number of rotatable bonds is 1. The normalized spacial score (nSPS) is 44.3. The monoisotopic (exact) mass is 138 g/mol. The highest BCUT2D eigenvalue weighted by Gasteiger charge is 2.30. The summed E-state index contributed by atoms with van der Waals surface area (Å²) in [6, 6.07) is 0. The molecule has 3 aliphatic carbocycles. The average Bonchev–Trinajstić information content (AvgIpc) is 2.06. The van der Waals surface area contributed by atoms with Crippen LogP contribution >= 0.6 is 0 Å². The summed E-state index contributed by atoms with van der Waals surface area (Å²) in [5.74, 6) is 2.08. The zero-order valence-electron chi connectivity index (χ0n) is 6.16. The van der Waals surface area contributed by atoms with E-state index in [-0.39, 0.29) is 0 Å². The number of hydrogen-bond acceptors (Lipinski definition) is 1. The van der Waals surface area contributed by atoms with E-state index in [9.17, 15) is 0 Å². The Hall–Kier alpha value is -0.300. The first-order chi connectivity index (χ1) is 4.90. The molecule has 0 aliphatic heterocycles. The maximum absolute atomic E-state index is 8.98. The summed E-state index contributed by atoms with van der Waals surface area (Å²) in [4.78, 5) is 0. The van der Waals surface area contributed by atoms with E-state index in [1.807, 2.05) is 0 Å². The van der Waals surface area contributed by atoms with E-state index in [1.54, 1.807) is 0 Å². The topological polar surface area (TPSA) is 20.2 Å². The highest BCUT2D eigenvalue weighted by Crippen LogP contribution is 2.39. The van der Waals surface area contributed by atoms with E-state index in [2.05, 4.69) is 12.2 Å². The number of aliphatic hydroxyl groups excluding tert-OH is 1. The average molecular weight is 138 g/mol. The summed E-state index contributed by atoms with van der Waals surface area (Å²) < 4.78 is 0. The maximum Gasteiger partial charge on any atom is 0.0465 e. The Morgan fingerprint density at radius 2 is 2.20 bits per heavy atom. The Morgan fingerprint density at radius 1 is 1.30 bits per heavy atom. The standard InChI is InChI=1S/C9H14O/c10-6-9-5-7-1-3-8(9)4-2-7/h1,3,7-10H,2,4-6H2/t7-,8-,9+/m0/s1. The zero-order valence-corrected chi connectivity index (χ0v) is 6.16. The van der Waals surface area contributed by atoms with Crippen LogP contribution in [0.1, 0.15) is 19.3 Å². The molecule has 56 valence electrons. The van der Waals surface area contributed by atoms with E-state index < -0.39 is 0 Å². The highest BCUT2D eigenvalue weighted by molar-refractivity contribution is 5.05. The van der Waals surface area contributed by atoms with Gasteiger partial charge in [-0.15, -0.1) is 0 Å². The Balaban J connectivity index is 2.11. The molecule has 0 aromatic heterocycles. The molecule has 1 fully saturated rings. The van der Waals surface area contributed by atoms with Gasteiger partial charge < -0.3 is 5.11 Å². The van der Waals surface area contributed by atoms with Gasteiger partial charge in [-0.3, -0.25) is 0 Å². The van der Waals surface area contributed by atoms with Crippen LogP contribution in [0.5, 0.6) is 0 Å². The Labute approximate surface area is 61.8 Å². The van der Waals surface area contributed by atoms with Gasteiger partial charge in [0.05, 0.1) is 0 Å². The van der Waals surface area contributed by atoms with Crippen molar-refractivity contribution in [1.29, 1.82) is 0 Å². The second-order valence-electron chi connectivity index (χ2n) is 3.56. The highest BCUT2D eigenvalue weighted by atomic mass is 16.3. The van der Waals surface area contributed by atoms with E-state index in [1.165, 1.54) is 19.3 Å². The Kier molecular flexibility index (Phi) is 1.53. The summed E-state index contributed by atoms with van der Waals surface area (Å²) in [7, 11) is 0. The van der Waals surface area contributed by atoms with Gasteiger partial charge in [-0.2, -0.15) is 0 Å². The van der Waals surface area contributed by atoms with Gasteiger partial charge in [0, 0.05) is 6.61 Å². The molecule has 3 rings (SSSR count). The van der Waals surface area contributed by atoms with Crippen LogP contribution < -0.4 is 0 Å². The number of hydrogen-bond donors (Lipinski definition) is 1. The Bertz CT molecular complexity index is 151. The zero-order chi connectivity index (χ0) is 6.97. The van der Waals surface area contributed by atoms with Crippen LogP contribution in [0.25, 0.3) is 0 Å². The lowest BCUT2D eigenvalue weighted by molar-refractivity contribution is 0.129. The second-order valence-corrected chi connectivity index (χ2v) is 3.56. The molecule has 3 atom stereocenters. The van der Waals surface area contributed by atoms with Crippen LogP contribution in [0.4, 0.5) is 0 Å². The minimum atomic E-state index is 0.394. The Morgan fingerprint density at radius 3 is 2.50 bits per heavy atom. The largest absolute Gasteiger partial charge is 0.396 e. The van der Waals surface area contributed by atoms with Crippen LogP contribution in [0.3, 0.4) is 0 Å². The van der Waals surface area contributed by atoms with Crippen molar-refractivity contribution >= 4 is 0 Å². The molecule has 0 heterocycles. The first-order valence-corrected chi connectivity index (χ1v) is 4.19. The quantitative estimate of drug-likeness (QED) is 0.545. The minimum absolute atomic E-state index is 0.394. The smallest absolute Gasteiger partial charge is 0.0465 e. The molecule has 1 nitrogen and oxygen atoms in total. The summed E-state index contributed by atoms with van der Waals surface area (Å²) in [6.07, 6.45) is 8.54. The van der Waals surface area contributed by atoms with Crippen LogP contribution in [0.15, 0.2) is 12.2 Å². The predicted molar refractivity (Wildman–Crippen MR) is 40.5 cm³/mol. The van der Waals surface area contributed by atoms with Crippen molar-refractivity contribution in [3.63, 3.8) is 0 Å². The summed E-state index contributed by atoms with van der Waals surface area (Å²) in [6.45, 7) is 0.394. The molecule has 0 aromatic rings. The van der Waals surface area contributed by atoms with E-state index in [0.29, 0.717) is 18.4 Å². The number of fused-ring (bicyclic) bond motifs is 2. The third-order valence-electron chi connectivity index (χ3n) is 2.95. The molecule has 0 unspecified atom stereocenters. The molecular formula is C9H14O. The van der Waals surface area contributed by atoms with Gasteiger partial charge >= 0.3 is 0 Å².